The summed E-state index contributed by atoms with van der Waals surface area (Å²) in [5, 5.41) is 25.2. The van der Waals surface area contributed by atoms with Gasteiger partial charge in [0.05, 0.1) is 0 Å². The zero-order chi connectivity index (χ0) is 19.1. The summed E-state index contributed by atoms with van der Waals surface area (Å²) in [5.41, 5.74) is 4.04. The van der Waals surface area contributed by atoms with E-state index in [1.165, 1.54) is 28.1 Å². The number of β-lactam (4-membered cyclic amide) rings is 1. The van der Waals surface area contributed by atoms with Gasteiger partial charge in [0.1, 0.15) is 22.5 Å². The molecule has 12 heteroatoms. The SMILES string of the molecule is C=CC1(C(=O)O)CS[C@@H]2C(NC(=O)C(=NO)c3csc(N)n3)C(=O)N2C1. The standard InChI is InChI=1S/C14H15N5O5S2/c1-2-14(12(22)23)4-19-10(21)8(11(19)26-5-14)17-9(20)7(18-24)6-3-25-13(15)16-6/h2-3,8,11,24H,1,4-5H2,(H2,15,16)(H,17,20)(H,22,23)/t8?,11-,14?/m1/s1. The molecule has 0 bridgehead atoms. The van der Waals surface area contributed by atoms with E-state index in [0.717, 1.165) is 11.3 Å². The summed E-state index contributed by atoms with van der Waals surface area (Å²) in [6, 6.07) is -0.836. The van der Waals surface area contributed by atoms with Gasteiger partial charge in [-0.3, -0.25) is 14.4 Å². The number of nitrogens with zero attached hydrogens (tertiary/aromatic N) is 3. The van der Waals surface area contributed by atoms with Gasteiger partial charge in [0.15, 0.2) is 10.8 Å². The number of carboxylic acid groups (broad SMARTS) is 1. The Kier molecular flexibility index (Phi) is 4.63. The van der Waals surface area contributed by atoms with Crippen molar-refractivity contribution in [2.75, 3.05) is 18.0 Å². The molecule has 0 aliphatic carbocycles. The van der Waals surface area contributed by atoms with Crippen molar-refractivity contribution in [3.05, 3.63) is 23.7 Å². The van der Waals surface area contributed by atoms with Crippen molar-refractivity contribution in [2.24, 2.45) is 10.6 Å². The molecule has 2 unspecified atom stereocenters. The molecule has 10 nitrogen and oxygen atoms in total. The molecular weight excluding hydrogens is 382 g/mol. The van der Waals surface area contributed by atoms with Crippen molar-refractivity contribution in [1.29, 1.82) is 0 Å². The average Bonchev–Trinajstić information content (AvgIpc) is 3.05. The first kappa shape index (κ1) is 18.2. The van der Waals surface area contributed by atoms with Crippen LogP contribution in [0.15, 0.2) is 23.2 Å². The van der Waals surface area contributed by atoms with Crippen LogP contribution >= 0.6 is 23.1 Å². The third-order valence-electron chi connectivity index (χ3n) is 4.29. The smallest absolute Gasteiger partial charge is 0.316 e. The van der Waals surface area contributed by atoms with Crippen LogP contribution < -0.4 is 11.1 Å². The van der Waals surface area contributed by atoms with Crippen LogP contribution in [0, 0.1) is 5.41 Å². The molecule has 0 radical (unpaired) electrons. The van der Waals surface area contributed by atoms with Gasteiger partial charge in [-0.15, -0.1) is 29.7 Å². The summed E-state index contributed by atoms with van der Waals surface area (Å²) in [7, 11) is 0. The van der Waals surface area contributed by atoms with Gasteiger partial charge >= 0.3 is 5.97 Å². The maximum atomic E-state index is 12.3. The second-order valence-electron chi connectivity index (χ2n) is 5.80. The van der Waals surface area contributed by atoms with E-state index in [9.17, 15) is 19.5 Å². The molecule has 2 saturated heterocycles. The highest BCUT2D eigenvalue weighted by Gasteiger charge is 2.56. The van der Waals surface area contributed by atoms with Gasteiger partial charge in [0, 0.05) is 17.7 Å². The Morgan fingerprint density at radius 2 is 2.31 bits per heavy atom. The molecule has 0 saturated carbocycles. The molecule has 1 aromatic heterocycles. The van der Waals surface area contributed by atoms with E-state index in [1.54, 1.807) is 0 Å². The first-order valence-electron chi connectivity index (χ1n) is 7.36. The number of aliphatic carboxylic acids is 1. The first-order chi connectivity index (χ1) is 12.3. The number of nitrogens with two attached hydrogens (primary N) is 1. The second kappa shape index (κ2) is 6.61. The number of aromatic nitrogens is 1. The monoisotopic (exact) mass is 397 g/mol. The molecule has 3 atom stereocenters. The third-order valence-corrected chi connectivity index (χ3v) is 6.51. The topological polar surface area (TPSA) is 158 Å². The summed E-state index contributed by atoms with van der Waals surface area (Å²) in [6.07, 6.45) is 1.33. The Hall–Kier alpha value is -2.60. The molecular formula is C14H15N5O5S2. The zero-order valence-corrected chi connectivity index (χ0v) is 14.9. The van der Waals surface area contributed by atoms with Gasteiger partial charge in [-0.25, -0.2) is 4.98 Å². The average molecular weight is 397 g/mol. The van der Waals surface area contributed by atoms with Crippen molar-refractivity contribution in [1.82, 2.24) is 15.2 Å². The zero-order valence-electron chi connectivity index (χ0n) is 13.3. The Morgan fingerprint density at radius 3 is 2.85 bits per heavy atom. The molecule has 3 rings (SSSR count). The number of nitrogens with one attached hydrogen (secondary N) is 1. The lowest BCUT2D eigenvalue weighted by Crippen LogP contribution is -2.73. The molecule has 0 aromatic carbocycles. The molecule has 0 spiro atoms. The van der Waals surface area contributed by atoms with Crippen molar-refractivity contribution >= 4 is 51.7 Å². The molecule has 138 valence electrons. The number of thioether (sulfide) groups is 1. The highest BCUT2D eigenvalue weighted by Crippen LogP contribution is 2.42. The summed E-state index contributed by atoms with van der Waals surface area (Å²) in [4.78, 5) is 41.4. The Balaban J connectivity index is 1.70. The summed E-state index contributed by atoms with van der Waals surface area (Å²) < 4.78 is 0. The molecule has 26 heavy (non-hydrogen) atoms. The quantitative estimate of drug-likeness (QED) is 0.171. The van der Waals surface area contributed by atoms with Crippen molar-refractivity contribution in [2.45, 2.75) is 11.4 Å². The van der Waals surface area contributed by atoms with Crippen LogP contribution in [0.4, 0.5) is 5.13 Å². The minimum atomic E-state index is -1.21. The Bertz CT molecular complexity index is 824. The lowest BCUT2D eigenvalue weighted by atomic mass is 9.87. The number of rotatable bonds is 5. The van der Waals surface area contributed by atoms with Crippen molar-refractivity contribution in [3.8, 4) is 0 Å². The maximum absolute atomic E-state index is 12.3. The van der Waals surface area contributed by atoms with Gasteiger partial charge in [-0.1, -0.05) is 11.2 Å². The third kappa shape index (κ3) is 2.80. The van der Waals surface area contributed by atoms with E-state index in [1.807, 2.05) is 0 Å². The van der Waals surface area contributed by atoms with E-state index < -0.39 is 29.2 Å². The van der Waals surface area contributed by atoms with Gasteiger partial charge in [-0.05, 0) is 0 Å². The van der Waals surface area contributed by atoms with Crippen LogP contribution in [0.3, 0.4) is 0 Å². The van der Waals surface area contributed by atoms with E-state index >= 15 is 0 Å². The number of fused-ring (bicyclic) bond motifs is 1. The maximum Gasteiger partial charge on any atom is 0.316 e. The van der Waals surface area contributed by atoms with Crippen LogP contribution in [-0.4, -0.2) is 67.4 Å². The lowest BCUT2D eigenvalue weighted by molar-refractivity contribution is -0.156. The highest BCUT2D eigenvalue weighted by molar-refractivity contribution is 8.00. The van der Waals surface area contributed by atoms with Gasteiger partial charge < -0.3 is 26.3 Å². The van der Waals surface area contributed by atoms with Crippen LogP contribution in [0.5, 0.6) is 0 Å². The van der Waals surface area contributed by atoms with Crippen LogP contribution in [0.2, 0.25) is 0 Å². The van der Waals surface area contributed by atoms with E-state index in [4.69, 9.17) is 10.9 Å². The molecule has 5 N–H and O–H groups in total. The minimum absolute atomic E-state index is 0.00172. The number of amides is 2. The Morgan fingerprint density at radius 1 is 1.58 bits per heavy atom. The first-order valence-corrected chi connectivity index (χ1v) is 9.29. The predicted octanol–water partition coefficient (Wildman–Crippen LogP) is -0.440. The molecule has 3 heterocycles. The molecule has 2 aliphatic heterocycles. The summed E-state index contributed by atoms with van der Waals surface area (Å²) in [5.74, 6) is -1.99. The van der Waals surface area contributed by atoms with Gasteiger partial charge in [0.25, 0.3) is 5.91 Å². The van der Waals surface area contributed by atoms with E-state index in [-0.39, 0.29) is 34.2 Å². The molecule has 2 amide bonds. The van der Waals surface area contributed by atoms with E-state index in [2.05, 4.69) is 22.0 Å². The Labute approximate surface area is 155 Å². The van der Waals surface area contributed by atoms with Gasteiger partial charge in [0.2, 0.25) is 5.91 Å². The lowest BCUT2D eigenvalue weighted by Gasteiger charge is -2.53. The molecule has 2 aliphatic rings. The van der Waals surface area contributed by atoms with E-state index in [0.29, 0.717) is 0 Å². The van der Waals surface area contributed by atoms with Crippen molar-refractivity contribution in [3.63, 3.8) is 0 Å². The number of oxime groups is 1. The number of carbonyl (C=O) groups is 3. The number of anilines is 1. The van der Waals surface area contributed by atoms with Crippen LogP contribution in [-0.2, 0) is 14.4 Å². The fourth-order valence-electron chi connectivity index (χ4n) is 2.75. The summed E-state index contributed by atoms with van der Waals surface area (Å²) in [6.45, 7) is 3.56. The van der Waals surface area contributed by atoms with Crippen molar-refractivity contribution < 1.29 is 24.7 Å². The normalized spacial score (nSPS) is 28.1. The summed E-state index contributed by atoms with van der Waals surface area (Å²) >= 11 is 2.33. The van der Waals surface area contributed by atoms with Crippen LogP contribution in [0.25, 0.3) is 0 Å². The van der Waals surface area contributed by atoms with Gasteiger partial charge in [-0.2, -0.15) is 0 Å². The largest absolute Gasteiger partial charge is 0.481 e. The number of nitrogen functional groups attached to an aromatic ring is 1. The number of hydrogen-bond donors (Lipinski definition) is 4. The number of carbonyl (C=O) groups excluding carboxylic acids is 2. The second-order valence-corrected chi connectivity index (χ2v) is 7.80. The highest BCUT2D eigenvalue weighted by atomic mass is 32.2. The molecule has 1 aromatic rings. The molecule has 2 fully saturated rings. The fraction of sp³-hybridized carbons (Fsp3) is 0.357. The number of hydrogen-bond acceptors (Lipinski definition) is 9. The minimum Gasteiger partial charge on any atom is -0.481 e. The number of thiazole rings is 1. The van der Waals surface area contributed by atoms with Crippen LogP contribution in [0.1, 0.15) is 5.69 Å². The fourth-order valence-corrected chi connectivity index (χ4v) is 4.84. The number of carboxylic acids is 1. The predicted molar refractivity (Wildman–Crippen MR) is 95.0 cm³/mol.